The summed E-state index contributed by atoms with van der Waals surface area (Å²) < 4.78 is 1.16. The van der Waals surface area contributed by atoms with Crippen LogP contribution < -0.4 is 0 Å². The van der Waals surface area contributed by atoms with Crippen molar-refractivity contribution < 1.29 is 9.59 Å². The van der Waals surface area contributed by atoms with Crippen molar-refractivity contribution in [2.24, 2.45) is 0 Å². The van der Waals surface area contributed by atoms with Gasteiger partial charge < -0.3 is 4.90 Å². The van der Waals surface area contributed by atoms with Gasteiger partial charge in [-0.25, -0.2) is 4.98 Å². The number of hydrogen-bond acceptors (Lipinski definition) is 4. The number of carbonyl (C=O) groups is 2. The summed E-state index contributed by atoms with van der Waals surface area (Å²) in [6.07, 6.45) is 7.11. The first kappa shape index (κ1) is 19.4. The van der Waals surface area contributed by atoms with E-state index in [0.717, 1.165) is 53.0 Å². The smallest absolute Gasteiger partial charge is 0.223 e. The molecule has 1 aromatic heterocycles. The monoisotopic (exact) mass is 418 g/mol. The molecule has 0 saturated carbocycles. The number of Topliss-reactive ketones (excluding diaryl/α,β-unsaturated/α-hetero) is 1. The minimum absolute atomic E-state index is 0.0498. The molecule has 0 radical (unpaired) electrons. The number of rotatable bonds is 5. The number of aromatic nitrogens is 1. The van der Waals surface area contributed by atoms with Crippen LogP contribution in [0.2, 0.25) is 0 Å². The molecule has 0 unspecified atom stereocenters. The maximum absolute atomic E-state index is 13.0. The molecule has 2 aliphatic rings. The summed E-state index contributed by atoms with van der Waals surface area (Å²) in [7, 11) is 0. The van der Waals surface area contributed by atoms with Crippen LogP contribution in [0.5, 0.6) is 0 Å². The van der Waals surface area contributed by atoms with Crippen LogP contribution in [0, 0.1) is 0 Å². The zero-order valence-corrected chi connectivity index (χ0v) is 17.9. The fraction of sp³-hybridized carbons (Fsp3) is 0.400. The normalized spacial score (nSPS) is 18.5. The molecular formula is C25H26N2O2S. The highest BCUT2D eigenvalue weighted by Gasteiger charge is 2.32. The average Bonchev–Trinajstić information content (AvgIpc) is 3.43. The van der Waals surface area contributed by atoms with E-state index in [1.54, 1.807) is 11.3 Å². The Bertz CT molecular complexity index is 1070. The van der Waals surface area contributed by atoms with Crippen molar-refractivity contribution in [2.75, 3.05) is 6.54 Å². The third-order valence-electron chi connectivity index (χ3n) is 6.41. The predicted octanol–water partition coefficient (Wildman–Crippen LogP) is 5.50. The molecule has 1 fully saturated rings. The molecule has 1 aliphatic carbocycles. The summed E-state index contributed by atoms with van der Waals surface area (Å²) in [5.41, 5.74) is 4.45. The highest BCUT2D eigenvalue weighted by molar-refractivity contribution is 7.18. The highest BCUT2D eigenvalue weighted by Crippen LogP contribution is 2.37. The van der Waals surface area contributed by atoms with Crippen molar-refractivity contribution >= 4 is 33.2 Å². The van der Waals surface area contributed by atoms with Crippen molar-refractivity contribution in [2.45, 2.75) is 57.4 Å². The Hall–Kier alpha value is -2.53. The van der Waals surface area contributed by atoms with Crippen LogP contribution in [0.25, 0.3) is 10.2 Å². The summed E-state index contributed by atoms with van der Waals surface area (Å²) in [6, 6.07) is 14.3. The lowest BCUT2D eigenvalue weighted by molar-refractivity contribution is -0.132. The lowest BCUT2D eigenvalue weighted by Gasteiger charge is -2.23. The maximum atomic E-state index is 13.0. The molecule has 3 aromatic rings. The van der Waals surface area contributed by atoms with E-state index in [1.807, 2.05) is 29.2 Å². The number of carbonyl (C=O) groups excluding carboxylic acids is 2. The zero-order valence-electron chi connectivity index (χ0n) is 17.1. The van der Waals surface area contributed by atoms with Crippen molar-refractivity contribution in [3.05, 3.63) is 64.2 Å². The summed E-state index contributed by atoms with van der Waals surface area (Å²) in [4.78, 5) is 32.4. The number of amides is 1. The van der Waals surface area contributed by atoms with E-state index in [1.165, 1.54) is 24.0 Å². The van der Waals surface area contributed by atoms with Gasteiger partial charge in [0.1, 0.15) is 5.01 Å². The van der Waals surface area contributed by atoms with Gasteiger partial charge in [-0.05, 0) is 67.9 Å². The minimum Gasteiger partial charge on any atom is -0.333 e. The number of likely N-dealkylation sites (tertiary alicyclic amines) is 1. The van der Waals surface area contributed by atoms with Crippen molar-refractivity contribution in [1.29, 1.82) is 0 Å². The molecule has 0 bridgehead atoms. The van der Waals surface area contributed by atoms with E-state index in [-0.39, 0.29) is 30.6 Å². The van der Waals surface area contributed by atoms with E-state index in [9.17, 15) is 9.59 Å². The maximum Gasteiger partial charge on any atom is 0.223 e. The van der Waals surface area contributed by atoms with E-state index < -0.39 is 0 Å². The molecule has 154 valence electrons. The Morgan fingerprint density at radius 3 is 2.70 bits per heavy atom. The first-order valence-corrected chi connectivity index (χ1v) is 11.8. The van der Waals surface area contributed by atoms with Gasteiger partial charge in [0, 0.05) is 24.9 Å². The Morgan fingerprint density at radius 1 is 1.00 bits per heavy atom. The summed E-state index contributed by atoms with van der Waals surface area (Å²) in [5.74, 6) is 0.149. The fourth-order valence-electron chi connectivity index (χ4n) is 4.77. The number of aryl methyl sites for hydroxylation is 2. The van der Waals surface area contributed by atoms with Crippen LogP contribution in [-0.4, -0.2) is 28.1 Å². The van der Waals surface area contributed by atoms with Crippen LogP contribution in [0.3, 0.4) is 0 Å². The lowest BCUT2D eigenvalue weighted by atomic mass is 9.89. The molecule has 5 heteroatoms. The van der Waals surface area contributed by atoms with Crippen LogP contribution in [0.4, 0.5) is 0 Å². The molecule has 1 saturated heterocycles. The van der Waals surface area contributed by atoms with Crippen molar-refractivity contribution in [1.82, 2.24) is 9.88 Å². The topological polar surface area (TPSA) is 50.3 Å². The Kier molecular flexibility index (Phi) is 5.38. The van der Waals surface area contributed by atoms with Gasteiger partial charge in [-0.2, -0.15) is 0 Å². The highest BCUT2D eigenvalue weighted by atomic mass is 32.1. The second-order valence-corrected chi connectivity index (χ2v) is 9.44. The van der Waals surface area contributed by atoms with Crippen LogP contribution >= 0.6 is 11.3 Å². The van der Waals surface area contributed by atoms with Gasteiger partial charge in [-0.3, -0.25) is 9.59 Å². The number of hydrogen-bond donors (Lipinski definition) is 0. The third-order valence-corrected chi connectivity index (χ3v) is 7.54. The van der Waals surface area contributed by atoms with Gasteiger partial charge in [0.05, 0.1) is 16.3 Å². The van der Waals surface area contributed by atoms with Gasteiger partial charge in [-0.1, -0.05) is 24.3 Å². The van der Waals surface area contributed by atoms with Crippen molar-refractivity contribution in [3.8, 4) is 0 Å². The number of ketones is 1. The van der Waals surface area contributed by atoms with E-state index in [4.69, 9.17) is 4.98 Å². The van der Waals surface area contributed by atoms with E-state index in [0.29, 0.717) is 0 Å². The molecule has 0 spiro atoms. The molecule has 0 N–H and O–H groups in total. The van der Waals surface area contributed by atoms with Gasteiger partial charge in [0.15, 0.2) is 5.78 Å². The van der Waals surface area contributed by atoms with Gasteiger partial charge >= 0.3 is 0 Å². The molecule has 30 heavy (non-hydrogen) atoms. The summed E-state index contributed by atoms with van der Waals surface area (Å²) in [5, 5.41) is 1.02. The average molecular weight is 419 g/mol. The molecule has 2 heterocycles. The molecule has 1 amide bonds. The van der Waals surface area contributed by atoms with Gasteiger partial charge in [-0.15, -0.1) is 11.3 Å². The number of para-hydroxylation sites is 1. The quantitative estimate of drug-likeness (QED) is 0.514. The summed E-state index contributed by atoms with van der Waals surface area (Å²) in [6.45, 7) is 0.756. The fourth-order valence-corrected chi connectivity index (χ4v) is 5.89. The first-order chi connectivity index (χ1) is 14.7. The molecule has 1 aliphatic heterocycles. The van der Waals surface area contributed by atoms with E-state index in [2.05, 4.69) is 18.2 Å². The number of benzene rings is 2. The summed E-state index contributed by atoms with van der Waals surface area (Å²) >= 11 is 1.68. The van der Waals surface area contributed by atoms with E-state index >= 15 is 0 Å². The first-order valence-electron chi connectivity index (χ1n) is 11.0. The number of nitrogens with zero attached hydrogens (tertiary/aromatic N) is 2. The van der Waals surface area contributed by atoms with Crippen molar-refractivity contribution in [3.63, 3.8) is 0 Å². The second-order valence-electron chi connectivity index (χ2n) is 8.38. The van der Waals surface area contributed by atoms with Crippen LogP contribution in [-0.2, 0) is 17.6 Å². The Morgan fingerprint density at radius 2 is 1.83 bits per heavy atom. The predicted molar refractivity (Wildman–Crippen MR) is 120 cm³/mol. The lowest BCUT2D eigenvalue weighted by Crippen LogP contribution is -2.30. The second kappa shape index (κ2) is 8.31. The standard InChI is InChI=1S/C25H26N2O2S/c28-22(19-12-11-17-6-1-2-7-18(17)16-19)13-14-24(29)27-15-5-9-21(27)25-26-20-8-3-4-10-23(20)30-25/h3-4,8,10-12,16,21H,1-2,5-7,9,13-15H2/t21-/m1/s1. The number of fused-ring (bicyclic) bond motifs is 2. The Labute approximate surface area is 180 Å². The van der Waals surface area contributed by atoms with Gasteiger partial charge in [0.25, 0.3) is 0 Å². The number of thiazole rings is 1. The largest absolute Gasteiger partial charge is 0.333 e. The third kappa shape index (κ3) is 3.79. The molecule has 5 rings (SSSR count). The molecule has 2 aromatic carbocycles. The molecule has 4 nitrogen and oxygen atoms in total. The SMILES string of the molecule is O=C(CCC(=O)N1CCC[C@@H]1c1nc2ccccc2s1)c1ccc2c(c1)CCCC2. The molecular weight excluding hydrogens is 392 g/mol. The zero-order chi connectivity index (χ0) is 20.5. The van der Waals surface area contributed by atoms with Crippen LogP contribution in [0.15, 0.2) is 42.5 Å². The van der Waals surface area contributed by atoms with Gasteiger partial charge in [0.2, 0.25) is 5.91 Å². The van der Waals surface area contributed by atoms with Crippen LogP contribution in [0.1, 0.15) is 71.1 Å². The molecule has 1 atom stereocenters. The Balaban J connectivity index is 1.25. The minimum atomic E-state index is 0.0498.